The van der Waals surface area contributed by atoms with E-state index in [1.807, 2.05) is 12.1 Å². The first-order valence-corrected chi connectivity index (χ1v) is 7.87. The molecule has 0 aliphatic heterocycles. The summed E-state index contributed by atoms with van der Waals surface area (Å²) in [5.41, 5.74) is 7.15. The number of benzene rings is 1. The summed E-state index contributed by atoms with van der Waals surface area (Å²) in [4.78, 5) is 4.53. The minimum absolute atomic E-state index is 0.351. The van der Waals surface area contributed by atoms with Crippen molar-refractivity contribution in [2.75, 3.05) is 19.0 Å². The molecule has 1 aliphatic rings. The van der Waals surface area contributed by atoms with Gasteiger partial charge in [0.15, 0.2) is 5.96 Å². The fourth-order valence-electron chi connectivity index (χ4n) is 2.93. The monoisotopic (exact) mass is 309 g/mol. The highest BCUT2D eigenvalue weighted by molar-refractivity contribution is 6.32. The number of halogens is 1. The summed E-state index contributed by atoms with van der Waals surface area (Å²) in [5, 5.41) is 3.64. The van der Waals surface area contributed by atoms with Crippen molar-refractivity contribution in [2.45, 2.75) is 39.0 Å². The zero-order valence-corrected chi connectivity index (χ0v) is 13.5. The fraction of sp³-hybridized carbons (Fsp3) is 0.562. The maximum atomic E-state index is 6.09. The molecule has 2 rings (SSSR count). The molecular formula is C16H24ClN3O. The Labute approximate surface area is 131 Å². The Kier molecular flexibility index (Phi) is 5.34. The maximum Gasteiger partial charge on any atom is 0.193 e. The van der Waals surface area contributed by atoms with Crippen molar-refractivity contribution in [1.82, 2.24) is 0 Å². The van der Waals surface area contributed by atoms with Crippen molar-refractivity contribution in [1.29, 1.82) is 0 Å². The second kappa shape index (κ2) is 7.03. The van der Waals surface area contributed by atoms with Crippen LogP contribution in [-0.4, -0.2) is 19.6 Å². The smallest absolute Gasteiger partial charge is 0.193 e. The van der Waals surface area contributed by atoms with Crippen LogP contribution < -0.4 is 15.8 Å². The van der Waals surface area contributed by atoms with Gasteiger partial charge in [-0.25, -0.2) is 0 Å². The predicted octanol–water partition coefficient (Wildman–Crippen LogP) is 4.05. The van der Waals surface area contributed by atoms with Crippen LogP contribution in [0, 0.1) is 5.41 Å². The second-order valence-electron chi connectivity index (χ2n) is 5.74. The van der Waals surface area contributed by atoms with E-state index in [1.165, 1.54) is 25.7 Å². The molecule has 1 aromatic carbocycles. The topological polar surface area (TPSA) is 59.6 Å². The molecule has 3 N–H and O–H groups in total. The van der Waals surface area contributed by atoms with Crippen LogP contribution in [0.2, 0.25) is 5.02 Å². The van der Waals surface area contributed by atoms with Gasteiger partial charge in [-0.3, -0.25) is 4.99 Å². The highest BCUT2D eigenvalue weighted by Crippen LogP contribution is 2.41. The number of hydrogen-bond donors (Lipinski definition) is 2. The van der Waals surface area contributed by atoms with E-state index in [0.29, 0.717) is 22.1 Å². The van der Waals surface area contributed by atoms with Gasteiger partial charge in [0.2, 0.25) is 0 Å². The first-order chi connectivity index (χ1) is 10.1. The molecule has 0 spiro atoms. The molecule has 0 bridgehead atoms. The summed E-state index contributed by atoms with van der Waals surface area (Å²) in [5.74, 6) is 1.09. The summed E-state index contributed by atoms with van der Waals surface area (Å²) < 4.78 is 5.13. The Morgan fingerprint density at radius 1 is 1.43 bits per heavy atom. The molecule has 116 valence electrons. The van der Waals surface area contributed by atoms with Crippen LogP contribution in [0.25, 0.3) is 0 Å². The molecule has 0 unspecified atom stereocenters. The standard InChI is InChI=1S/C16H24ClN3O/c1-3-16(8-4-5-9-16)11-19-15(18)20-12-6-7-14(21-2)13(17)10-12/h6-7,10H,3-5,8-9,11H2,1-2H3,(H3,18,19,20). The molecule has 5 heteroatoms. The van der Waals surface area contributed by atoms with E-state index >= 15 is 0 Å². The van der Waals surface area contributed by atoms with Crippen LogP contribution in [0.15, 0.2) is 23.2 Å². The van der Waals surface area contributed by atoms with Gasteiger partial charge in [0.05, 0.1) is 12.1 Å². The molecule has 0 aromatic heterocycles. The number of ether oxygens (including phenoxy) is 1. The molecular weight excluding hydrogens is 286 g/mol. The van der Waals surface area contributed by atoms with Crippen LogP contribution in [0.3, 0.4) is 0 Å². The molecule has 21 heavy (non-hydrogen) atoms. The Morgan fingerprint density at radius 2 is 2.14 bits per heavy atom. The molecule has 1 fully saturated rings. The third-order valence-electron chi connectivity index (χ3n) is 4.42. The normalized spacial score (nSPS) is 17.8. The van der Waals surface area contributed by atoms with Crippen LogP contribution in [0.5, 0.6) is 5.75 Å². The first-order valence-electron chi connectivity index (χ1n) is 7.49. The Morgan fingerprint density at radius 3 is 2.71 bits per heavy atom. The number of nitrogens with one attached hydrogen (secondary N) is 1. The molecule has 0 saturated heterocycles. The lowest BCUT2D eigenvalue weighted by molar-refractivity contribution is 0.297. The average molecular weight is 310 g/mol. The summed E-state index contributed by atoms with van der Waals surface area (Å²) in [6.07, 6.45) is 6.30. The van der Waals surface area contributed by atoms with Crippen LogP contribution in [0.1, 0.15) is 39.0 Å². The molecule has 1 aromatic rings. The van der Waals surface area contributed by atoms with Crippen molar-refractivity contribution in [2.24, 2.45) is 16.1 Å². The number of guanidine groups is 1. The van der Waals surface area contributed by atoms with Crippen molar-refractivity contribution in [3.05, 3.63) is 23.2 Å². The number of methoxy groups -OCH3 is 1. The van der Waals surface area contributed by atoms with Crippen molar-refractivity contribution in [3.63, 3.8) is 0 Å². The molecule has 0 atom stereocenters. The SMILES string of the molecule is CCC1(CN=C(N)Nc2ccc(OC)c(Cl)c2)CCCC1. The maximum absolute atomic E-state index is 6.09. The third-order valence-corrected chi connectivity index (χ3v) is 4.72. The number of hydrogen-bond acceptors (Lipinski definition) is 2. The zero-order chi connectivity index (χ0) is 15.3. The Balaban J connectivity index is 1.98. The lowest BCUT2D eigenvalue weighted by atomic mass is 9.84. The van der Waals surface area contributed by atoms with Gasteiger partial charge >= 0.3 is 0 Å². The zero-order valence-electron chi connectivity index (χ0n) is 12.8. The molecule has 4 nitrogen and oxygen atoms in total. The highest BCUT2D eigenvalue weighted by Gasteiger charge is 2.31. The van der Waals surface area contributed by atoms with E-state index in [2.05, 4.69) is 17.2 Å². The summed E-state index contributed by atoms with van der Waals surface area (Å²) >= 11 is 6.09. The van der Waals surface area contributed by atoms with E-state index in [9.17, 15) is 0 Å². The van der Waals surface area contributed by atoms with E-state index < -0.39 is 0 Å². The van der Waals surface area contributed by atoms with Crippen LogP contribution in [-0.2, 0) is 0 Å². The van der Waals surface area contributed by atoms with Crippen molar-refractivity contribution >= 4 is 23.2 Å². The quantitative estimate of drug-likeness (QED) is 0.637. The summed E-state index contributed by atoms with van der Waals surface area (Å²) in [7, 11) is 1.59. The molecule has 1 saturated carbocycles. The van der Waals surface area contributed by atoms with Gasteiger partial charge in [0.25, 0.3) is 0 Å². The van der Waals surface area contributed by atoms with Crippen LogP contribution in [0.4, 0.5) is 5.69 Å². The lowest BCUT2D eigenvalue weighted by Gasteiger charge is -2.25. The van der Waals surface area contributed by atoms with Crippen molar-refractivity contribution < 1.29 is 4.74 Å². The predicted molar refractivity (Wildman–Crippen MR) is 89.3 cm³/mol. The van der Waals surface area contributed by atoms with Gasteiger partial charge in [0.1, 0.15) is 5.75 Å². The van der Waals surface area contributed by atoms with Gasteiger partial charge in [-0.1, -0.05) is 31.4 Å². The molecule has 0 amide bonds. The molecule has 0 heterocycles. The summed E-state index contributed by atoms with van der Waals surface area (Å²) in [6.45, 7) is 3.04. The molecule has 1 aliphatic carbocycles. The fourth-order valence-corrected chi connectivity index (χ4v) is 3.19. The van der Waals surface area contributed by atoms with E-state index in [4.69, 9.17) is 22.1 Å². The minimum Gasteiger partial charge on any atom is -0.495 e. The Hall–Kier alpha value is -1.42. The molecule has 0 radical (unpaired) electrons. The van der Waals surface area contributed by atoms with E-state index in [0.717, 1.165) is 18.7 Å². The summed E-state index contributed by atoms with van der Waals surface area (Å²) in [6, 6.07) is 5.47. The van der Waals surface area contributed by atoms with Crippen molar-refractivity contribution in [3.8, 4) is 5.75 Å². The highest BCUT2D eigenvalue weighted by atomic mass is 35.5. The lowest BCUT2D eigenvalue weighted by Crippen LogP contribution is -2.27. The van der Waals surface area contributed by atoms with Gasteiger partial charge < -0.3 is 15.8 Å². The van der Waals surface area contributed by atoms with Crippen LogP contribution >= 0.6 is 11.6 Å². The second-order valence-corrected chi connectivity index (χ2v) is 6.14. The third kappa shape index (κ3) is 4.03. The number of nitrogens with zero attached hydrogens (tertiary/aromatic N) is 1. The minimum atomic E-state index is 0.351. The number of aliphatic imine (C=N–C) groups is 1. The number of nitrogens with two attached hydrogens (primary N) is 1. The largest absolute Gasteiger partial charge is 0.495 e. The van der Waals surface area contributed by atoms with Gasteiger partial charge in [-0.2, -0.15) is 0 Å². The van der Waals surface area contributed by atoms with Gasteiger partial charge in [-0.05, 0) is 42.9 Å². The van der Waals surface area contributed by atoms with Gasteiger partial charge in [-0.15, -0.1) is 0 Å². The van der Waals surface area contributed by atoms with E-state index in [1.54, 1.807) is 13.2 Å². The number of rotatable bonds is 5. The number of anilines is 1. The average Bonchev–Trinajstić information content (AvgIpc) is 2.95. The van der Waals surface area contributed by atoms with Gasteiger partial charge in [0, 0.05) is 12.2 Å². The van der Waals surface area contributed by atoms with E-state index in [-0.39, 0.29) is 0 Å². The Bertz CT molecular complexity index is 510. The first kappa shape index (κ1) is 16.0.